The average Bonchev–Trinajstić information content (AvgIpc) is 3.50. The van der Waals surface area contributed by atoms with E-state index in [1.807, 2.05) is 61.6 Å². The Kier molecular flexibility index (Phi) is 5.55. The highest BCUT2D eigenvalue weighted by Gasteiger charge is 2.38. The first-order valence-corrected chi connectivity index (χ1v) is 13.0. The molecular formula is C25H28N2O4S. The van der Waals surface area contributed by atoms with Gasteiger partial charge in [-0.15, -0.1) is 0 Å². The van der Waals surface area contributed by atoms with E-state index in [0.717, 1.165) is 35.0 Å². The lowest BCUT2D eigenvalue weighted by molar-refractivity contribution is 0.0443. The third-order valence-electron chi connectivity index (χ3n) is 6.70. The summed E-state index contributed by atoms with van der Waals surface area (Å²) in [7, 11) is -1.15. The summed E-state index contributed by atoms with van der Waals surface area (Å²) in [4.78, 5) is 16.0. The van der Waals surface area contributed by atoms with E-state index >= 15 is 0 Å². The monoisotopic (exact) mass is 452 g/mol. The number of amides is 1. The van der Waals surface area contributed by atoms with Crippen molar-refractivity contribution in [1.82, 2.24) is 9.47 Å². The Hall–Kier alpha value is -2.64. The first-order valence-electron chi connectivity index (χ1n) is 11.2. The van der Waals surface area contributed by atoms with E-state index in [1.165, 1.54) is 0 Å². The Bertz CT molecular complexity index is 1240. The smallest absolute Gasteiger partial charge is 0.257 e. The minimum Gasteiger partial charge on any atom is -0.376 e. The molecule has 7 heteroatoms. The van der Waals surface area contributed by atoms with Crippen LogP contribution in [0.3, 0.4) is 0 Å². The topological polar surface area (TPSA) is 68.6 Å². The molecule has 2 aliphatic heterocycles. The molecular weight excluding hydrogens is 424 g/mol. The summed E-state index contributed by atoms with van der Waals surface area (Å²) >= 11 is 0. The fourth-order valence-electron chi connectivity index (χ4n) is 5.11. The lowest BCUT2D eigenvalue weighted by atomic mass is 10.0. The lowest BCUT2D eigenvalue weighted by Crippen LogP contribution is -2.45. The van der Waals surface area contributed by atoms with Gasteiger partial charge < -0.3 is 14.2 Å². The molecule has 0 aliphatic carbocycles. The summed E-state index contributed by atoms with van der Waals surface area (Å²) in [5.74, 6) is 0.0450. The molecule has 1 aromatic heterocycles. The number of nitrogens with zero attached hydrogens (tertiary/aromatic N) is 2. The SMILES string of the molecule is Cn1c(-c2ccccc2)c(C(=O)N(CC2CCCO2)C2CCS(=O)(=O)C2)c2ccccc21. The van der Waals surface area contributed by atoms with Crippen molar-refractivity contribution in [3.8, 4) is 11.3 Å². The van der Waals surface area contributed by atoms with Crippen molar-refractivity contribution in [2.24, 2.45) is 7.05 Å². The molecule has 6 nitrogen and oxygen atoms in total. The van der Waals surface area contributed by atoms with Crippen LogP contribution in [0.1, 0.15) is 29.6 Å². The molecule has 2 fully saturated rings. The molecule has 0 spiro atoms. The number of hydrogen-bond acceptors (Lipinski definition) is 4. The molecule has 3 aromatic rings. The van der Waals surface area contributed by atoms with E-state index in [9.17, 15) is 13.2 Å². The van der Waals surface area contributed by atoms with Gasteiger partial charge in [0.15, 0.2) is 9.84 Å². The molecule has 2 unspecified atom stereocenters. The number of fused-ring (bicyclic) bond motifs is 1. The number of hydrogen-bond donors (Lipinski definition) is 0. The number of para-hydroxylation sites is 1. The predicted molar refractivity (Wildman–Crippen MR) is 125 cm³/mol. The molecule has 2 aliphatic rings. The quantitative estimate of drug-likeness (QED) is 0.593. The predicted octanol–water partition coefficient (Wildman–Crippen LogP) is 3.65. The summed E-state index contributed by atoms with van der Waals surface area (Å²) < 4.78 is 32.4. The zero-order valence-electron chi connectivity index (χ0n) is 18.2. The first-order chi connectivity index (χ1) is 15.4. The maximum absolute atomic E-state index is 14.2. The summed E-state index contributed by atoms with van der Waals surface area (Å²) in [6.45, 7) is 1.12. The summed E-state index contributed by atoms with van der Waals surface area (Å²) in [6, 6.07) is 17.5. The van der Waals surface area contributed by atoms with Crippen LogP contribution in [0, 0.1) is 0 Å². The molecule has 0 N–H and O–H groups in total. The van der Waals surface area contributed by atoms with Crippen molar-refractivity contribution in [2.75, 3.05) is 24.7 Å². The highest BCUT2D eigenvalue weighted by Crippen LogP contribution is 2.35. The Morgan fingerprint density at radius 2 is 1.84 bits per heavy atom. The zero-order chi connectivity index (χ0) is 22.3. The number of ether oxygens (including phenoxy) is 1. The van der Waals surface area contributed by atoms with Gasteiger partial charge >= 0.3 is 0 Å². The Morgan fingerprint density at radius 3 is 2.53 bits per heavy atom. The van der Waals surface area contributed by atoms with Crippen LogP contribution in [-0.2, 0) is 21.6 Å². The van der Waals surface area contributed by atoms with Gasteiger partial charge in [-0.3, -0.25) is 4.79 Å². The van der Waals surface area contributed by atoms with E-state index in [4.69, 9.17) is 4.74 Å². The number of aromatic nitrogens is 1. The maximum Gasteiger partial charge on any atom is 0.257 e. The number of sulfone groups is 1. The van der Waals surface area contributed by atoms with Gasteiger partial charge in [0.2, 0.25) is 0 Å². The normalized spacial score (nSPS) is 22.4. The number of benzene rings is 2. The van der Waals surface area contributed by atoms with E-state index in [2.05, 4.69) is 4.57 Å². The second-order valence-electron chi connectivity index (χ2n) is 8.82. The first kappa shape index (κ1) is 21.2. The number of carbonyl (C=O) groups is 1. The van der Waals surface area contributed by atoms with Gasteiger partial charge in [0, 0.05) is 37.1 Å². The van der Waals surface area contributed by atoms with Gasteiger partial charge in [-0.05, 0) is 30.9 Å². The molecule has 2 saturated heterocycles. The number of rotatable bonds is 5. The molecule has 2 aromatic carbocycles. The van der Waals surface area contributed by atoms with Crippen molar-refractivity contribution in [1.29, 1.82) is 0 Å². The largest absolute Gasteiger partial charge is 0.376 e. The Labute approximate surface area is 188 Å². The molecule has 0 saturated carbocycles. The molecule has 3 heterocycles. The second-order valence-corrected chi connectivity index (χ2v) is 11.0. The lowest BCUT2D eigenvalue weighted by Gasteiger charge is -2.31. The van der Waals surface area contributed by atoms with Gasteiger partial charge in [0.25, 0.3) is 5.91 Å². The van der Waals surface area contributed by atoms with E-state index < -0.39 is 9.84 Å². The van der Waals surface area contributed by atoms with Crippen molar-refractivity contribution < 1.29 is 17.9 Å². The van der Waals surface area contributed by atoms with Crippen molar-refractivity contribution in [3.05, 3.63) is 60.2 Å². The third kappa shape index (κ3) is 3.84. The molecule has 0 radical (unpaired) electrons. The van der Waals surface area contributed by atoms with Crippen LogP contribution < -0.4 is 0 Å². The van der Waals surface area contributed by atoms with Crippen LogP contribution in [0.15, 0.2) is 54.6 Å². The molecule has 2 atom stereocenters. The summed E-state index contributed by atoms with van der Waals surface area (Å²) in [5, 5.41) is 0.886. The zero-order valence-corrected chi connectivity index (χ0v) is 19.1. The van der Waals surface area contributed by atoms with Crippen LogP contribution in [0.5, 0.6) is 0 Å². The molecule has 32 heavy (non-hydrogen) atoms. The maximum atomic E-state index is 14.2. The highest BCUT2D eigenvalue weighted by molar-refractivity contribution is 7.91. The van der Waals surface area contributed by atoms with Gasteiger partial charge in [-0.25, -0.2) is 8.42 Å². The third-order valence-corrected chi connectivity index (χ3v) is 8.45. The van der Waals surface area contributed by atoms with E-state index in [1.54, 1.807) is 4.90 Å². The number of aryl methyl sites for hydroxylation is 1. The minimum absolute atomic E-state index is 0.0247. The van der Waals surface area contributed by atoms with Gasteiger partial charge in [0.05, 0.1) is 28.9 Å². The molecule has 5 rings (SSSR count). The summed E-state index contributed by atoms with van der Waals surface area (Å²) in [5.41, 5.74) is 3.43. The van der Waals surface area contributed by atoms with E-state index in [0.29, 0.717) is 25.1 Å². The molecule has 168 valence electrons. The van der Waals surface area contributed by atoms with Crippen LogP contribution in [0.2, 0.25) is 0 Å². The fraction of sp³-hybridized carbons (Fsp3) is 0.400. The van der Waals surface area contributed by atoms with Crippen LogP contribution in [-0.4, -0.2) is 60.6 Å². The highest BCUT2D eigenvalue weighted by atomic mass is 32.2. The Balaban J connectivity index is 1.64. The number of carbonyl (C=O) groups excluding carboxylic acids is 1. The summed E-state index contributed by atoms with van der Waals surface area (Å²) in [6.07, 6.45) is 2.30. The van der Waals surface area contributed by atoms with Crippen molar-refractivity contribution in [3.63, 3.8) is 0 Å². The van der Waals surface area contributed by atoms with Crippen LogP contribution >= 0.6 is 0 Å². The second kappa shape index (κ2) is 8.37. The van der Waals surface area contributed by atoms with E-state index in [-0.39, 0.29) is 29.6 Å². The Morgan fingerprint density at radius 1 is 1.09 bits per heavy atom. The molecule has 1 amide bonds. The van der Waals surface area contributed by atoms with Gasteiger partial charge in [0.1, 0.15) is 0 Å². The van der Waals surface area contributed by atoms with Gasteiger partial charge in [-0.1, -0.05) is 48.5 Å². The van der Waals surface area contributed by atoms with Gasteiger partial charge in [-0.2, -0.15) is 0 Å². The average molecular weight is 453 g/mol. The van der Waals surface area contributed by atoms with Crippen LogP contribution in [0.25, 0.3) is 22.2 Å². The fourth-order valence-corrected chi connectivity index (χ4v) is 6.84. The van der Waals surface area contributed by atoms with Crippen molar-refractivity contribution in [2.45, 2.75) is 31.4 Å². The molecule has 0 bridgehead atoms. The van der Waals surface area contributed by atoms with Crippen molar-refractivity contribution >= 4 is 26.6 Å². The minimum atomic E-state index is -3.13. The van der Waals surface area contributed by atoms with Crippen LogP contribution in [0.4, 0.5) is 0 Å². The standard InChI is InChI=1S/C25H28N2O4S/c1-26-22-12-6-5-11-21(22)23(24(26)18-8-3-2-4-9-18)25(28)27(16-20-10-7-14-31-20)19-13-15-32(29,30)17-19/h2-6,8-9,11-12,19-20H,7,10,13-17H2,1H3.